The van der Waals surface area contributed by atoms with Gasteiger partial charge in [-0.15, -0.1) is 0 Å². The summed E-state index contributed by atoms with van der Waals surface area (Å²) in [6.45, 7) is 4.72. The Labute approximate surface area is 99.0 Å². The molecule has 1 aromatic rings. The second-order valence-corrected chi connectivity index (χ2v) is 4.63. The van der Waals surface area contributed by atoms with E-state index in [4.69, 9.17) is 15.9 Å². The lowest BCUT2D eigenvalue weighted by Crippen LogP contribution is -2.20. The van der Waals surface area contributed by atoms with Crippen LogP contribution in [0.5, 0.6) is 5.75 Å². The first-order valence-electron chi connectivity index (χ1n) is 5.24. The first-order valence-corrected chi connectivity index (χ1v) is 5.24. The molecule has 3 N–H and O–H groups in total. The molecule has 1 aliphatic rings. The van der Waals surface area contributed by atoms with Crippen LogP contribution in [0.15, 0.2) is 18.2 Å². The number of fused-ring (bicyclic) bond motifs is 1. The number of nitrogens with one attached hydrogen (secondary N) is 1. The Balaban J connectivity index is 2.34. The number of carbonyl (C=O) groups excluding carboxylic acids is 1. The highest BCUT2D eigenvalue weighted by Crippen LogP contribution is 2.38. The molecular weight excluding hydrogens is 220 g/mol. The molecule has 0 aliphatic carbocycles. The highest BCUT2D eigenvalue weighted by molar-refractivity contribution is 5.98. The number of nitrogens with two attached hydrogens (primary N) is 1. The minimum absolute atomic E-state index is 0.0989. The summed E-state index contributed by atoms with van der Waals surface area (Å²) in [6.07, 6.45) is -0.981. The van der Waals surface area contributed by atoms with E-state index in [1.807, 2.05) is 0 Å². The van der Waals surface area contributed by atoms with Crippen molar-refractivity contribution in [2.75, 3.05) is 6.61 Å². The maximum atomic E-state index is 10.6. The first-order chi connectivity index (χ1) is 7.90. The van der Waals surface area contributed by atoms with E-state index in [0.717, 1.165) is 11.3 Å². The van der Waals surface area contributed by atoms with Crippen molar-refractivity contribution in [2.24, 2.45) is 5.73 Å². The Hall–Kier alpha value is -2.04. The van der Waals surface area contributed by atoms with Crippen molar-refractivity contribution in [1.82, 2.24) is 0 Å². The van der Waals surface area contributed by atoms with Gasteiger partial charge in [0.15, 0.2) is 0 Å². The fraction of sp³-hybridized carbons (Fsp3) is 0.333. The van der Waals surface area contributed by atoms with Gasteiger partial charge in [0.2, 0.25) is 5.90 Å². The van der Waals surface area contributed by atoms with Crippen LogP contribution in [0.4, 0.5) is 4.79 Å². The number of hydrogen-bond acceptors (Lipinski definition) is 4. The van der Waals surface area contributed by atoms with Crippen molar-refractivity contribution >= 4 is 12.0 Å². The van der Waals surface area contributed by atoms with Crippen molar-refractivity contribution in [3.63, 3.8) is 0 Å². The normalized spacial score (nSPS) is 15.9. The van der Waals surface area contributed by atoms with Gasteiger partial charge in [-0.3, -0.25) is 5.41 Å². The van der Waals surface area contributed by atoms with Gasteiger partial charge in [0.1, 0.15) is 5.75 Å². The van der Waals surface area contributed by atoms with Crippen LogP contribution in [0, 0.1) is 5.41 Å². The van der Waals surface area contributed by atoms with Gasteiger partial charge in [-0.05, 0) is 18.2 Å². The highest BCUT2D eigenvalue weighted by atomic mass is 16.6. The molecule has 0 saturated carbocycles. The largest absolute Gasteiger partial charge is 0.492 e. The molecule has 0 aromatic heterocycles. The smallest absolute Gasteiger partial charge is 0.411 e. The van der Waals surface area contributed by atoms with Gasteiger partial charge in [-0.2, -0.15) is 0 Å². The minimum Gasteiger partial charge on any atom is -0.492 e. The zero-order chi connectivity index (χ0) is 12.6. The highest BCUT2D eigenvalue weighted by Gasteiger charge is 2.32. The second-order valence-electron chi connectivity index (χ2n) is 4.63. The average molecular weight is 234 g/mol. The van der Waals surface area contributed by atoms with Gasteiger partial charge in [-0.25, -0.2) is 4.79 Å². The van der Waals surface area contributed by atoms with Crippen LogP contribution in [-0.4, -0.2) is 18.6 Å². The number of benzene rings is 1. The summed E-state index contributed by atoms with van der Waals surface area (Å²) in [6, 6.07) is 5.25. The summed E-state index contributed by atoms with van der Waals surface area (Å²) in [5.74, 6) is 0.564. The lowest BCUT2D eigenvalue weighted by atomic mass is 9.86. The number of amides is 1. The first kappa shape index (κ1) is 11.4. The van der Waals surface area contributed by atoms with Crippen LogP contribution in [0.25, 0.3) is 0 Å². The third-order valence-electron chi connectivity index (χ3n) is 2.76. The van der Waals surface area contributed by atoms with E-state index in [9.17, 15) is 4.79 Å². The van der Waals surface area contributed by atoms with E-state index in [2.05, 4.69) is 18.6 Å². The van der Waals surface area contributed by atoms with Crippen molar-refractivity contribution in [3.05, 3.63) is 29.3 Å². The molecule has 1 heterocycles. The molecular formula is C12H14N2O3. The number of hydrogen-bond donors (Lipinski definition) is 2. The molecule has 0 bridgehead atoms. The Bertz CT molecular complexity index is 495. The van der Waals surface area contributed by atoms with E-state index in [0.29, 0.717) is 12.2 Å². The number of ether oxygens (including phenoxy) is 2. The van der Waals surface area contributed by atoms with E-state index in [1.54, 1.807) is 18.2 Å². The molecule has 0 spiro atoms. The molecule has 0 atom stereocenters. The molecule has 1 aliphatic heterocycles. The van der Waals surface area contributed by atoms with Crippen LogP contribution in [-0.2, 0) is 10.2 Å². The zero-order valence-electron chi connectivity index (χ0n) is 9.74. The summed E-state index contributed by atoms with van der Waals surface area (Å²) in [5.41, 5.74) is 6.29. The molecule has 0 fully saturated rings. The van der Waals surface area contributed by atoms with E-state index in [-0.39, 0.29) is 11.3 Å². The van der Waals surface area contributed by atoms with E-state index in [1.165, 1.54) is 0 Å². The molecule has 5 nitrogen and oxygen atoms in total. The maximum Gasteiger partial charge on any atom is 0.411 e. The fourth-order valence-corrected chi connectivity index (χ4v) is 1.82. The monoisotopic (exact) mass is 234 g/mol. The molecule has 17 heavy (non-hydrogen) atoms. The Kier molecular flexibility index (Phi) is 2.53. The molecule has 0 unspecified atom stereocenters. The standard InChI is InChI=1S/C12H14N2O3/c1-12(2)6-16-9-4-3-7(5-8(9)12)10(13)17-11(14)15/h3-5,13H,6H2,1-2H3,(H2,14,15). The SMILES string of the molecule is CC1(C)COc2ccc(C(=N)OC(N)=O)cc21. The van der Waals surface area contributed by atoms with Crippen molar-refractivity contribution < 1.29 is 14.3 Å². The summed E-state index contributed by atoms with van der Waals surface area (Å²) < 4.78 is 10.1. The molecule has 0 radical (unpaired) electrons. The second kappa shape index (κ2) is 3.76. The minimum atomic E-state index is -0.981. The van der Waals surface area contributed by atoms with Gasteiger partial charge in [-0.1, -0.05) is 13.8 Å². The van der Waals surface area contributed by atoms with Crippen LogP contribution < -0.4 is 10.5 Å². The summed E-state index contributed by atoms with van der Waals surface area (Å²) >= 11 is 0. The van der Waals surface area contributed by atoms with Crippen LogP contribution in [0.1, 0.15) is 25.0 Å². The van der Waals surface area contributed by atoms with Crippen molar-refractivity contribution in [3.8, 4) is 5.75 Å². The van der Waals surface area contributed by atoms with Gasteiger partial charge in [0.05, 0.1) is 6.61 Å². The Morgan fingerprint density at radius 3 is 2.88 bits per heavy atom. The molecule has 90 valence electrons. The van der Waals surface area contributed by atoms with Crippen LogP contribution in [0.3, 0.4) is 0 Å². The van der Waals surface area contributed by atoms with Gasteiger partial charge < -0.3 is 15.2 Å². The number of rotatable bonds is 1. The fourth-order valence-electron chi connectivity index (χ4n) is 1.82. The van der Waals surface area contributed by atoms with Crippen LogP contribution in [0.2, 0.25) is 0 Å². The Morgan fingerprint density at radius 2 is 2.24 bits per heavy atom. The Morgan fingerprint density at radius 1 is 1.53 bits per heavy atom. The third kappa shape index (κ3) is 2.08. The summed E-state index contributed by atoms with van der Waals surface area (Å²) in [7, 11) is 0. The number of carbonyl (C=O) groups is 1. The number of primary amides is 1. The van der Waals surface area contributed by atoms with Gasteiger partial charge in [0.25, 0.3) is 0 Å². The maximum absolute atomic E-state index is 10.6. The molecule has 2 rings (SSSR count). The lowest BCUT2D eigenvalue weighted by molar-refractivity contribution is 0.208. The lowest BCUT2D eigenvalue weighted by Gasteiger charge is -2.15. The van der Waals surface area contributed by atoms with Gasteiger partial charge in [0, 0.05) is 16.5 Å². The predicted octanol–water partition coefficient (Wildman–Crippen LogP) is 1.78. The predicted molar refractivity (Wildman–Crippen MR) is 62.5 cm³/mol. The zero-order valence-corrected chi connectivity index (χ0v) is 9.74. The molecule has 0 saturated heterocycles. The van der Waals surface area contributed by atoms with Gasteiger partial charge >= 0.3 is 6.09 Å². The van der Waals surface area contributed by atoms with E-state index < -0.39 is 6.09 Å². The molecule has 5 heteroatoms. The molecule has 1 amide bonds. The molecule has 1 aromatic carbocycles. The topological polar surface area (TPSA) is 85.4 Å². The summed E-state index contributed by atoms with van der Waals surface area (Å²) in [5, 5.41) is 7.59. The van der Waals surface area contributed by atoms with Crippen molar-refractivity contribution in [2.45, 2.75) is 19.3 Å². The third-order valence-corrected chi connectivity index (χ3v) is 2.76. The van der Waals surface area contributed by atoms with Crippen LogP contribution >= 0.6 is 0 Å². The average Bonchev–Trinajstić information content (AvgIpc) is 2.54. The van der Waals surface area contributed by atoms with Crippen molar-refractivity contribution in [1.29, 1.82) is 5.41 Å². The summed E-state index contributed by atoms with van der Waals surface area (Å²) in [4.78, 5) is 10.6. The van der Waals surface area contributed by atoms with E-state index >= 15 is 0 Å². The quantitative estimate of drug-likeness (QED) is 0.573.